The summed E-state index contributed by atoms with van der Waals surface area (Å²) in [6, 6.07) is 8.15. The Hall–Kier alpha value is -4.08. The van der Waals surface area contributed by atoms with Crippen LogP contribution < -0.4 is 4.74 Å². The highest BCUT2D eigenvalue weighted by molar-refractivity contribution is 6.13. The third kappa shape index (κ3) is 3.56. The lowest BCUT2D eigenvalue weighted by Crippen LogP contribution is -2.06. The maximum atomic E-state index is 12.2. The van der Waals surface area contributed by atoms with Gasteiger partial charge in [-0.25, -0.2) is 9.79 Å². The Balaban J connectivity index is 2.00. The highest BCUT2D eigenvalue weighted by Gasteiger charge is 2.26. The molecule has 0 bridgehead atoms. The van der Waals surface area contributed by atoms with Crippen molar-refractivity contribution in [1.82, 2.24) is 0 Å². The fourth-order valence-electron chi connectivity index (χ4n) is 2.62. The zero-order valence-electron chi connectivity index (χ0n) is 14.7. The largest absolute Gasteiger partial charge is 0.496 e. The van der Waals surface area contributed by atoms with Crippen LogP contribution in [0.25, 0.3) is 6.08 Å². The van der Waals surface area contributed by atoms with Crippen LogP contribution in [0.15, 0.2) is 47.1 Å². The Morgan fingerprint density at radius 3 is 2.46 bits per heavy atom. The zero-order chi connectivity index (χ0) is 20.4. The van der Waals surface area contributed by atoms with E-state index in [9.17, 15) is 25.0 Å². The van der Waals surface area contributed by atoms with Crippen LogP contribution in [0.4, 0.5) is 11.4 Å². The van der Waals surface area contributed by atoms with Crippen LogP contribution in [0.2, 0.25) is 0 Å². The van der Waals surface area contributed by atoms with Gasteiger partial charge in [0, 0.05) is 34.9 Å². The van der Waals surface area contributed by atoms with Gasteiger partial charge in [0.15, 0.2) is 5.70 Å². The molecule has 2 aromatic carbocycles. The second-order valence-electron chi connectivity index (χ2n) is 5.78. The van der Waals surface area contributed by atoms with E-state index in [1.807, 2.05) is 0 Å². The molecular weight excluding hydrogens is 370 g/mol. The standard InChI is InChI=1S/C18H13N3O7/c1-10-7-11(3-5-15(10)21(25)26)17-19-14(18(22)28-17)9-12-8-13(20(23)24)4-6-16(12)27-2/h3-9H,1-2H3/b14-9-. The van der Waals surface area contributed by atoms with E-state index in [1.54, 1.807) is 6.92 Å². The van der Waals surface area contributed by atoms with Gasteiger partial charge in [-0.05, 0) is 31.2 Å². The van der Waals surface area contributed by atoms with Crippen LogP contribution in [-0.4, -0.2) is 28.8 Å². The van der Waals surface area contributed by atoms with Crippen LogP contribution in [-0.2, 0) is 9.53 Å². The van der Waals surface area contributed by atoms with E-state index in [1.165, 1.54) is 49.6 Å². The smallest absolute Gasteiger partial charge is 0.363 e. The number of hydrogen-bond donors (Lipinski definition) is 0. The molecule has 1 aliphatic heterocycles. The van der Waals surface area contributed by atoms with Gasteiger partial charge < -0.3 is 9.47 Å². The van der Waals surface area contributed by atoms with Crippen LogP contribution >= 0.6 is 0 Å². The second kappa shape index (κ2) is 7.27. The summed E-state index contributed by atoms with van der Waals surface area (Å²) in [5.74, 6) is -0.445. The van der Waals surface area contributed by atoms with Crippen LogP contribution in [0.3, 0.4) is 0 Å². The first kappa shape index (κ1) is 18.7. The van der Waals surface area contributed by atoms with Crippen molar-refractivity contribution in [3.63, 3.8) is 0 Å². The van der Waals surface area contributed by atoms with Crippen molar-refractivity contribution in [3.8, 4) is 5.75 Å². The van der Waals surface area contributed by atoms with Gasteiger partial charge in [0.05, 0.1) is 17.0 Å². The van der Waals surface area contributed by atoms with Crippen molar-refractivity contribution in [1.29, 1.82) is 0 Å². The zero-order valence-corrected chi connectivity index (χ0v) is 14.7. The molecule has 0 saturated heterocycles. The van der Waals surface area contributed by atoms with E-state index >= 15 is 0 Å². The third-order valence-corrected chi connectivity index (χ3v) is 3.98. The fraction of sp³-hybridized carbons (Fsp3) is 0.111. The van der Waals surface area contributed by atoms with E-state index in [-0.39, 0.29) is 28.5 Å². The van der Waals surface area contributed by atoms with Crippen LogP contribution in [0.1, 0.15) is 16.7 Å². The number of esters is 1. The van der Waals surface area contributed by atoms with Gasteiger partial charge in [0.1, 0.15) is 5.75 Å². The minimum Gasteiger partial charge on any atom is -0.496 e. The normalized spacial score (nSPS) is 14.6. The molecule has 0 fully saturated rings. The third-order valence-electron chi connectivity index (χ3n) is 3.98. The van der Waals surface area contributed by atoms with Gasteiger partial charge in [0.2, 0.25) is 5.90 Å². The maximum absolute atomic E-state index is 12.2. The lowest BCUT2D eigenvalue weighted by atomic mass is 10.1. The molecule has 0 amide bonds. The van der Waals surface area contributed by atoms with E-state index in [0.29, 0.717) is 16.9 Å². The number of cyclic esters (lactones) is 1. The Morgan fingerprint density at radius 2 is 1.86 bits per heavy atom. The highest BCUT2D eigenvalue weighted by Crippen LogP contribution is 2.29. The summed E-state index contributed by atoms with van der Waals surface area (Å²) < 4.78 is 10.3. The Kier molecular flexibility index (Phi) is 4.86. The molecule has 28 heavy (non-hydrogen) atoms. The summed E-state index contributed by atoms with van der Waals surface area (Å²) in [7, 11) is 1.39. The second-order valence-corrected chi connectivity index (χ2v) is 5.78. The molecule has 0 unspecified atom stereocenters. The summed E-state index contributed by atoms with van der Waals surface area (Å²) in [5, 5.41) is 21.9. The summed E-state index contributed by atoms with van der Waals surface area (Å²) in [6.45, 7) is 1.56. The van der Waals surface area contributed by atoms with Gasteiger partial charge in [-0.15, -0.1) is 0 Å². The number of nitro groups is 2. The molecule has 3 rings (SSSR count). The summed E-state index contributed by atoms with van der Waals surface area (Å²) in [4.78, 5) is 37.1. The molecule has 10 nitrogen and oxygen atoms in total. The number of methoxy groups -OCH3 is 1. The van der Waals surface area contributed by atoms with Crippen molar-refractivity contribution in [2.45, 2.75) is 6.92 Å². The number of carbonyl (C=O) groups is 1. The molecule has 0 aromatic heterocycles. The van der Waals surface area contributed by atoms with E-state index in [4.69, 9.17) is 9.47 Å². The molecular formula is C18H13N3O7. The lowest BCUT2D eigenvalue weighted by Gasteiger charge is -2.04. The average Bonchev–Trinajstić information content (AvgIpc) is 3.01. The Morgan fingerprint density at radius 1 is 1.11 bits per heavy atom. The number of non-ortho nitro benzene ring substituents is 1. The Labute approximate surface area is 158 Å². The number of rotatable bonds is 5. The Bertz CT molecular complexity index is 1070. The van der Waals surface area contributed by atoms with E-state index in [2.05, 4.69) is 4.99 Å². The number of ether oxygens (including phenoxy) is 2. The minimum atomic E-state index is -0.750. The fourth-order valence-corrected chi connectivity index (χ4v) is 2.62. The van der Waals surface area contributed by atoms with Crippen LogP contribution in [0, 0.1) is 27.2 Å². The monoisotopic (exact) mass is 383 g/mol. The quantitative estimate of drug-likeness (QED) is 0.335. The van der Waals surface area contributed by atoms with Crippen LogP contribution in [0.5, 0.6) is 5.75 Å². The number of aliphatic imine (C=N–C) groups is 1. The molecule has 142 valence electrons. The van der Waals surface area contributed by atoms with Crippen molar-refractivity contribution in [2.75, 3.05) is 7.11 Å². The molecule has 2 aromatic rings. The summed E-state index contributed by atoms with van der Waals surface area (Å²) in [6.07, 6.45) is 1.32. The van der Waals surface area contributed by atoms with Crippen molar-refractivity contribution in [3.05, 3.63) is 79.0 Å². The number of nitro benzene ring substituents is 2. The number of benzene rings is 2. The number of hydrogen-bond acceptors (Lipinski definition) is 8. The van der Waals surface area contributed by atoms with Gasteiger partial charge in [-0.3, -0.25) is 20.2 Å². The first-order valence-electron chi connectivity index (χ1n) is 7.90. The van der Waals surface area contributed by atoms with Gasteiger partial charge in [0.25, 0.3) is 11.4 Å². The van der Waals surface area contributed by atoms with E-state index < -0.39 is 15.8 Å². The predicted octanol–water partition coefficient (Wildman–Crippen LogP) is 3.16. The van der Waals surface area contributed by atoms with Gasteiger partial charge >= 0.3 is 5.97 Å². The SMILES string of the molecule is COc1ccc([N+](=O)[O-])cc1/C=C1\N=C(c2ccc([N+](=O)[O-])c(C)c2)OC1=O. The first-order valence-corrected chi connectivity index (χ1v) is 7.90. The molecule has 0 spiro atoms. The molecule has 0 aliphatic carbocycles. The summed E-state index contributed by atoms with van der Waals surface area (Å²) in [5.41, 5.74) is 0.753. The van der Waals surface area contributed by atoms with Gasteiger partial charge in [-0.1, -0.05) is 0 Å². The average molecular weight is 383 g/mol. The molecule has 0 atom stereocenters. The molecule has 1 heterocycles. The number of carbonyl (C=O) groups excluding carboxylic acids is 1. The lowest BCUT2D eigenvalue weighted by molar-refractivity contribution is -0.385. The molecule has 0 saturated carbocycles. The number of nitrogens with zero attached hydrogens (tertiary/aromatic N) is 3. The van der Waals surface area contributed by atoms with Crippen molar-refractivity contribution < 1.29 is 24.1 Å². The molecule has 0 radical (unpaired) electrons. The minimum absolute atomic E-state index is 0.0151. The molecule has 1 aliphatic rings. The highest BCUT2D eigenvalue weighted by atomic mass is 16.6. The predicted molar refractivity (Wildman–Crippen MR) is 98.1 cm³/mol. The topological polar surface area (TPSA) is 134 Å². The first-order chi connectivity index (χ1) is 13.3. The van der Waals surface area contributed by atoms with E-state index in [0.717, 1.165) is 0 Å². The number of aryl methyl sites for hydroxylation is 1. The van der Waals surface area contributed by atoms with Crippen molar-refractivity contribution in [2.24, 2.45) is 4.99 Å². The molecule has 10 heteroatoms. The maximum Gasteiger partial charge on any atom is 0.363 e. The van der Waals surface area contributed by atoms with Crippen molar-refractivity contribution >= 4 is 29.3 Å². The molecule has 0 N–H and O–H groups in total. The van der Waals surface area contributed by atoms with Gasteiger partial charge in [-0.2, -0.15) is 0 Å². The summed E-state index contributed by atoms with van der Waals surface area (Å²) >= 11 is 0.